The number of anilines is 1. The van der Waals surface area contributed by atoms with Crippen molar-refractivity contribution in [1.82, 2.24) is 10.6 Å². The van der Waals surface area contributed by atoms with E-state index in [0.717, 1.165) is 27.9 Å². The number of carboxylic acid groups (broad SMARTS) is 1. The molecular formula is C30H31N3O5. The first-order chi connectivity index (χ1) is 18.3. The number of furan rings is 1. The average Bonchev–Trinajstić information content (AvgIpc) is 3.33. The molecule has 38 heavy (non-hydrogen) atoms. The standard InChI is InChI=1S/C30H31N3O5/c1-19(2)32-30(37)25(33-24-13-11-22(12-14-24)29(36)31-16-15-28(34)35)17-20-7-9-21(10-8-20)27-18-23-5-3-4-6-26(23)38-27/h3-14,18-19,25,33H,15-17H2,1-2H3,(H,31,36)(H,32,37)(H,34,35). The Morgan fingerprint density at radius 3 is 2.29 bits per heavy atom. The van der Waals surface area contributed by atoms with Gasteiger partial charge in [-0.1, -0.05) is 42.5 Å². The number of benzene rings is 3. The second-order valence-electron chi connectivity index (χ2n) is 9.39. The number of para-hydroxylation sites is 1. The maximum atomic E-state index is 13.0. The monoisotopic (exact) mass is 513 g/mol. The minimum atomic E-state index is -0.972. The van der Waals surface area contributed by atoms with Crippen molar-refractivity contribution in [3.63, 3.8) is 0 Å². The lowest BCUT2D eigenvalue weighted by Crippen LogP contribution is -2.43. The predicted octanol–water partition coefficient (Wildman–Crippen LogP) is 4.85. The fourth-order valence-corrected chi connectivity index (χ4v) is 4.06. The summed E-state index contributed by atoms with van der Waals surface area (Å²) in [5, 5.41) is 18.6. The molecule has 4 N–H and O–H groups in total. The van der Waals surface area contributed by atoms with E-state index in [1.165, 1.54) is 0 Å². The topological polar surface area (TPSA) is 121 Å². The molecule has 0 saturated carbocycles. The van der Waals surface area contributed by atoms with Gasteiger partial charge in [0.05, 0.1) is 6.42 Å². The number of nitrogens with one attached hydrogen (secondary N) is 3. The summed E-state index contributed by atoms with van der Waals surface area (Å²) < 4.78 is 5.96. The lowest BCUT2D eigenvalue weighted by Gasteiger charge is -2.21. The van der Waals surface area contributed by atoms with Crippen molar-refractivity contribution >= 4 is 34.4 Å². The molecule has 3 aromatic carbocycles. The van der Waals surface area contributed by atoms with Gasteiger partial charge in [0, 0.05) is 41.2 Å². The molecule has 4 aromatic rings. The molecule has 0 aliphatic rings. The highest BCUT2D eigenvalue weighted by Gasteiger charge is 2.20. The highest BCUT2D eigenvalue weighted by Crippen LogP contribution is 2.28. The van der Waals surface area contributed by atoms with Crippen LogP contribution in [0.25, 0.3) is 22.3 Å². The van der Waals surface area contributed by atoms with E-state index in [4.69, 9.17) is 9.52 Å². The van der Waals surface area contributed by atoms with Gasteiger partial charge in [0.25, 0.3) is 5.91 Å². The molecule has 8 nitrogen and oxygen atoms in total. The van der Waals surface area contributed by atoms with Crippen LogP contribution in [0.5, 0.6) is 0 Å². The van der Waals surface area contributed by atoms with Crippen LogP contribution in [0, 0.1) is 0 Å². The van der Waals surface area contributed by atoms with Gasteiger partial charge in [-0.2, -0.15) is 0 Å². The van der Waals surface area contributed by atoms with Gasteiger partial charge >= 0.3 is 5.97 Å². The minimum absolute atomic E-state index is 0.0147. The van der Waals surface area contributed by atoms with Gasteiger partial charge in [0.15, 0.2) is 0 Å². The summed E-state index contributed by atoms with van der Waals surface area (Å²) in [7, 11) is 0. The highest BCUT2D eigenvalue weighted by atomic mass is 16.4. The Morgan fingerprint density at radius 2 is 1.63 bits per heavy atom. The predicted molar refractivity (Wildman–Crippen MR) is 147 cm³/mol. The number of amides is 2. The third-order valence-corrected chi connectivity index (χ3v) is 5.96. The first-order valence-corrected chi connectivity index (χ1v) is 12.5. The molecular weight excluding hydrogens is 482 g/mol. The van der Waals surface area contributed by atoms with Crippen molar-refractivity contribution in [3.05, 3.63) is 90.0 Å². The molecule has 4 rings (SSSR count). The van der Waals surface area contributed by atoms with Crippen LogP contribution >= 0.6 is 0 Å². The molecule has 2 amide bonds. The number of carboxylic acids is 1. The quantitative estimate of drug-likeness (QED) is 0.228. The third kappa shape index (κ3) is 7.00. The molecule has 0 aliphatic carbocycles. The van der Waals surface area contributed by atoms with Crippen molar-refractivity contribution < 1.29 is 23.9 Å². The van der Waals surface area contributed by atoms with Crippen LogP contribution in [-0.4, -0.2) is 41.5 Å². The Bertz CT molecular complexity index is 1380. The van der Waals surface area contributed by atoms with Crippen LogP contribution in [0.15, 0.2) is 83.3 Å². The first kappa shape index (κ1) is 26.5. The van der Waals surface area contributed by atoms with Gasteiger partial charge in [-0.05, 0) is 55.8 Å². The smallest absolute Gasteiger partial charge is 0.305 e. The largest absolute Gasteiger partial charge is 0.481 e. The Hall–Kier alpha value is -4.59. The Kier molecular flexibility index (Phi) is 8.43. The van der Waals surface area contributed by atoms with Gasteiger partial charge in [-0.25, -0.2) is 0 Å². The molecule has 1 aromatic heterocycles. The van der Waals surface area contributed by atoms with E-state index < -0.39 is 12.0 Å². The van der Waals surface area contributed by atoms with Crippen molar-refractivity contribution in [2.45, 2.75) is 38.8 Å². The zero-order valence-corrected chi connectivity index (χ0v) is 21.4. The van der Waals surface area contributed by atoms with Crippen molar-refractivity contribution in [2.24, 2.45) is 0 Å². The first-order valence-electron chi connectivity index (χ1n) is 12.5. The van der Waals surface area contributed by atoms with E-state index in [9.17, 15) is 14.4 Å². The molecule has 0 fully saturated rings. The van der Waals surface area contributed by atoms with Crippen LogP contribution in [0.2, 0.25) is 0 Å². The summed E-state index contributed by atoms with van der Waals surface area (Å²) >= 11 is 0. The number of fused-ring (bicyclic) bond motifs is 1. The molecule has 1 heterocycles. The maximum Gasteiger partial charge on any atom is 0.305 e. The second-order valence-corrected chi connectivity index (χ2v) is 9.39. The van der Waals surface area contributed by atoms with Crippen molar-refractivity contribution in [2.75, 3.05) is 11.9 Å². The van der Waals surface area contributed by atoms with Gasteiger partial charge in [0.2, 0.25) is 5.91 Å². The number of rotatable bonds is 11. The molecule has 0 spiro atoms. The molecule has 1 atom stereocenters. The van der Waals surface area contributed by atoms with Gasteiger partial charge in [0.1, 0.15) is 17.4 Å². The fourth-order valence-electron chi connectivity index (χ4n) is 4.06. The Morgan fingerprint density at radius 1 is 0.921 bits per heavy atom. The van der Waals surface area contributed by atoms with E-state index >= 15 is 0 Å². The molecule has 1 unspecified atom stereocenters. The Balaban J connectivity index is 1.45. The lowest BCUT2D eigenvalue weighted by molar-refractivity contribution is -0.136. The van der Waals surface area contributed by atoms with E-state index in [0.29, 0.717) is 17.7 Å². The number of carbonyl (C=O) groups excluding carboxylic acids is 2. The average molecular weight is 514 g/mol. The van der Waals surface area contributed by atoms with Crippen LogP contribution in [0.3, 0.4) is 0 Å². The van der Waals surface area contributed by atoms with Crippen LogP contribution in [0.4, 0.5) is 5.69 Å². The normalized spacial score (nSPS) is 11.8. The van der Waals surface area contributed by atoms with Gasteiger partial charge in [-0.15, -0.1) is 0 Å². The highest BCUT2D eigenvalue weighted by molar-refractivity contribution is 5.94. The number of aliphatic carboxylic acids is 1. The summed E-state index contributed by atoms with van der Waals surface area (Å²) in [5.41, 5.74) is 3.87. The lowest BCUT2D eigenvalue weighted by atomic mass is 10.0. The third-order valence-electron chi connectivity index (χ3n) is 5.96. The zero-order valence-electron chi connectivity index (χ0n) is 21.4. The van der Waals surface area contributed by atoms with E-state index in [2.05, 4.69) is 16.0 Å². The molecule has 0 saturated heterocycles. The van der Waals surface area contributed by atoms with Crippen molar-refractivity contribution in [1.29, 1.82) is 0 Å². The zero-order chi connectivity index (χ0) is 27.1. The molecule has 0 radical (unpaired) electrons. The molecule has 0 aliphatic heterocycles. The Labute approximate surface area is 221 Å². The summed E-state index contributed by atoms with van der Waals surface area (Å²) in [4.78, 5) is 35.9. The number of hydrogen-bond donors (Lipinski definition) is 4. The maximum absolute atomic E-state index is 13.0. The summed E-state index contributed by atoms with van der Waals surface area (Å²) in [6.45, 7) is 3.88. The number of hydrogen-bond acceptors (Lipinski definition) is 5. The fraction of sp³-hybridized carbons (Fsp3) is 0.233. The molecule has 196 valence electrons. The molecule has 0 bridgehead atoms. The SMILES string of the molecule is CC(C)NC(=O)C(Cc1ccc(-c2cc3ccccc3o2)cc1)Nc1ccc(C(=O)NCCC(=O)O)cc1. The van der Waals surface area contributed by atoms with Crippen molar-refractivity contribution in [3.8, 4) is 11.3 Å². The molecule has 8 heteroatoms. The van der Waals surface area contributed by atoms with Crippen LogP contribution in [0.1, 0.15) is 36.2 Å². The number of carbonyl (C=O) groups is 3. The summed E-state index contributed by atoms with van der Waals surface area (Å²) in [6.07, 6.45) is 0.313. The second kappa shape index (κ2) is 12.1. The van der Waals surface area contributed by atoms with Crippen LogP contribution < -0.4 is 16.0 Å². The van der Waals surface area contributed by atoms with E-state index in [1.807, 2.05) is 68.4 Å². The van der Waals surface area contributed by atoms with Crippen LogP contribution in [-0.2, 0) is 16.0 Å². The van der Waals surface area contributed by atoms with Gasteiger partial charge in [-0.3, -0.25) is 14.4 Å². The van der Waals surface area contributed by atoms with Gasteiger partial charge < -0.3 is 25.5 Å². The summed E-state index contributed by atoms with van der Waals surface area (Å²) in [6, 6.07) is 24.0. The minimum Gasteiger partial charge on any atom is -0.481 e. The van der Waals surface area contributed by atoms with E-state index in [1.54, 1.807) is 24.3 Å². The van der Waals surface area contributed by atoms with E-state index in [-0.39, 0.29) is 30.8 Å². The summed E-state index contributed by atoms with van der Waals surface area (Å²) in [5.74, 6) is -0.662.